The predicted molar refractivity (Wildman–Crippen MR) is 127 cm³/mol. The lowest BCUT2D eigenvalue weighted by Crippen LogP contribution is -2.55. The molecule has 7 nitrogen and oxygen atoms in total. The molecule has 0 bridgehead atoms. The van der Waals surface area contributed by atoms with Crippen molar-refractivity contribution in [2.75, 3.05) is 13.2 Å². The van der Waals surface area contributed by atoms with Gasteiger partial charge in [-0.05, 0) is 61.6 Å². The fraction of sp³-hybridized carbons (Fsp3) is 0.520. The van der Waals surface area contributed by atoms with Crippen LogP contribution in [-0.2, 0) is 11.2 Å². The van der Waals surface area contributed by atoms with E-state index in [-0.39, 0.29) is 6.10 Å². The summed E-state index contributed by atoms with van der Waals surface area (Å²) >= 11 is 6.35. The smallest absolute Gasteiger partial charge is 0.119 e. The molecular weight excluding hydrogens is 448 g/mol. The zero-order valence-electron chi connectivity index (χ0n) is 19.3. The van der Waals surface area contributed by atoms with E-state index in [1.807, 2.05) is 44.2 Å². The molecule has 1 saturated heterocycles. The van der Waals surface area contributed by atoms with Gasteiger partial charge < -0.3 is 35.0 Å². The third kappa shape index (κ3) is 7.65. The second-order valence-corrected chi connectivity index (χ2v) is 8.52. The number of hydrogen-bond donors (Lipinski definition) is 5. The third-order valence-corrected chi connectivity index (χ3v) is 5.88. The van der Waals surface area contributed by atoms with E-state index in [1.165, 1.54) is 0 Å². The molecule has 1 aliphatic rings. The van der Waals surface area contributed by atoms with Crippen LogP contribution < -0.4 is 4.74 Å². The minimum absolute atomic E-state index is 0.116. The maximum absolute atomic E-state index is 10.3. The predicted octanol–water partition coefficient (Wildman–Crippen LogP) is 2.62. The average Bonchev–Trinajstić information content (AvgIpc) is 2.81. The first-order chi connectivity index (χ1) is 15.7. The van der Waals surface area contributed by atoms with Crippen LogP contribution in [0.2, 0.25) is 5.02 Å². The Morgan fingerprint density at radius 3 is 2.18 bits per heavy atom. The summed E-state index contributed by atoms with van der Waals surface area (Å²) in [4.78, 5) is 0. The van der Waals surface area contributed by atoms with Crippen molar-refractivity contribution in [1.29, 1.82) is 0 Å². The van der Waals surface area contributed by atoms with Gasteiger partial charge in [-0.3, -0.25) is 0 Å². The van der Waals surface area contributed by atoms with Gasteiger partial charge in [-0.2, -0.15) is 0 Å². The summed E-state index contributed by atoms with van der Waals surface area (Å²) in [6, 6.07) is 12.9. The van der Waals surface area contributed by atoms with E-state index in [0.29, 0.717) is 23.6 Å². The number of hydrogen-bond acceptors (Lipinski definition) is 7. The molecule has 0 saturated carbocycles. The van der Waals surface area contributed by atoms with Crippen LogP contribution in [0.15, 0.2) is 42.5 Å². The van der Waals surface area contributed by atoms with Crippen LogP contribution in [-0.4, -0.2) is 69.3 Å². The molecule has 0 aromatic heterocycles. The fourth-order valence-corrected chi connectivity index (χ4v) is 3.56. The second-order valence-electron chi connectivity index (χ2n) is 8.11. The van der Waals surface area contributed by atoms with Crippen LogP contribution in [0, 0.1) is 0 Å². The van der Waals surface area contributed by atoms with Gasteiger partial charge in [0.1, 0.15) is 36.3 Å². The molecule has 0 unspecified atom stereocenters. The molecule has 3 rings (SSSR count). The summed E-state index contributed by atoms with van der Waals surface area (Å²) in [5, 5.41) is 48.6. The molecule has 2 aromatic rings. The van der Waals surface area contributed by atoms with Crippen molar-refractivity contribution in [3.05, 3.63) is 64.2 Å². The van der Waals surface area contributed by atoms with Gasteiger partial charge in [-0.1, -0.05) is 42.8 Å². The van der Waals surface area contributed by atoms with Crippen LogP contribution >= 0.6 is 11.6 Å². The maximum Gasteiger partial charge on any atom is 0.119 e. The highest BCUT2D eigenvalue weighted by Gasteiger charge is 2.44. The van der Waals surface area contributed by atoms with Crippen molar-refractivity contribution in [3.8, 4) is 5.75 Å². The number of ether oxygens (including phenoxy) is 2. The van der Waals surface area contributed by atoms with Crippen LogP contribution in [0.25, 0.3) is 0 Å². The van der Waals surface area contributed by atoms with Crippen LogP contribution in [0.1, 0.15) is 50.0 Å². The van der Waals surface area contributed by atoms with E-state index in [4.69, 9.17) is 26.2 Å². The van der Waals surface area contributed by atoms with Crippen LogP contribution in [0.5, 0.6) is 5.75 Å². The minimum atomic E-state index is -1.42. The largest absolute Gasteiger partial charge is 0.494 e. The first-order valence-corrected chi connectivity index (χ1v) is 11.6. The topological polar surface area (TPSA) is 120 Å². The van der Waals surface area contributed by atoms with Crippen LogP contribution in [0.3, 0.4) is 0 Å². The highest BCUT2D eigenvalue weighted by molar-refractivity contribution is 6.31. The molecule has 1 heterocycles. The first-order valence-electron chi connectivity index (χ1n) is 11.2. The van der Waals surface area contributed by atoms with Crippen molar-refractivity contribution >= 4 is 11.6 Å². The SMILES string of the molecule is CCOc1ccc(Cc2cc([C@@H]3O[C@H](CO)[C@@H](O)[C@H](O)[C@H]3O)ccc2Cl)cc1.CC[C@@H](C)O. The Morgan fingerprint density at radius 1 is 1.00 bits per heavy atom. The number of rotatable bonds is 7. The molecular formula is C25H35ClO7. The number of halogens is 1. The van der Waals surface area contributed by atoms with Crippen molar-refractivity contribution in [1.82, 2.24) is 0 Å². The van der Waals surface area contributed by atoms with Crippen molar-refractivity contribution < 1.29 is 35.0 Å². The second kappa shape index (κ2) is 13.2. The Balaban J connectivity index is 0.000000696. The maximum atomic E-state index is 10.3. The fourth-order valence-electron chi connectivity index (χ4n) is 3.37. The summed E-state index contributed by atoms with van der Waals surface area (Å²) in [5.74, 6) is 0.799. The van der Waals surface area contributed by atoms with E-state index in [9.17, 15) is 20.4 Å². The Labute approximate surface area is 200 Å². The monoisotopic (exact) mass is 482 g/mol. The molecule has 33 heavy (non-hydrogen) atoms. The summed E-state index contributed by atoms with van der Waals surface area (Å²) in [6.45, 7) is 5.79. The zero-order chi connectivity index (χ0) is 24.5. The van der Waals surface area contributed by atoms with E-state index in [2.05, 4.69) is 0 Å². The molecule has 2 aromatic carbocycles. The van der Waals surface area contributed by atoms with Gasteiger partial charge in [-0.25, -0.2) is 0 Å². The molecule has 0 spiro atoms. The van der Waals surface area contributed by atoms with E-state index < -0.39 is 37.1 Å². The normalized spacial score (nSPS) is 25.7. The molecule has 1 aliphatic heterocycles. The number of aliphatic hydroxyl groups is 5. The molecule has 5 N–H and O–H groups in total. The van der Waals surface area contributed by atoms with Crippen LogP contribution in [0.4, 0.5) is 0 Å². The molecule has 1 fully saturated rings. The first kappa shape index (κ1) is 27.5. The van der Waals surface area contributed by atoms with Gasteiger partial charge in [0.05, 0.1) is 19.3 Å². The Hall–Kier alpha value is -1.71. The molecule has 0 amide bonds. The Kier molecular flexibility index (Phi) is 11.1. The Bertz CT molecular complexity index is 841. The standard InChI is InChI=1S/C21H25ClO6.C4H10O/c1-2-27-15-6-3-12(4-7-15)9-14-10-13(5-8-16(14)22)21-20(26)19(25)18(24)17(11-23)28-21;1-3-4(2)5/h3-8,10,17-21,23-26H,2,9,11H2,1H3;4-5H,3H2,1-2H3/t17-,18-,19+,20-,21+;4-/m11/s1. The van der Waals surface area contributed by atoms with E-state index >= 15 is 0 Å². The van der Waals surface area contributed by atoms with Crippen molar-refractivity contribution in [3.63, 3.8) is 0 Å². The molecule has 8 heteroatoms. The highest BCUT2D eigenvalue weighted by Crippen LogP contribution is 2.34. The summed E-state index contributed by atoms with van der Waals surface area (Å²) < 4.78 is 11.1. The lowest BCUT2D eigenvalue weighted by atomic mass is 9.90. The lowest BCUT2D eigenvalue weighted by Gasteiger charge is -2.40. The number of aliphatic hydroxyl groups excluding tert-OH is 5. The van der Waals surface area contributed by atoms with Gasteiger partial charge in [0, 0.05) is 5.02 Å². The summed E-state index contributed by atoms with van der Waals surface area (Å²) in [7, 11) is 0. The summed E-state index contributed by atoms with van der Waals surface area (Å²) in [5.41, 5.74) is 2.49. The zero-order valence-corrected chi connectivity index (χ0v) is 20.0. The van der Waals surface area contributed by atoms with E-state index in [0.717, 1.165) is 23.3 Å². The quantitative estimate of drug-likeness (QED) is 0.411. The highest BCUT2D eigenvalue weighted by atomic mass is 35.5. The molecule has 6 atom stereocenters. The Morgan fingerprint density at radius 2 is 1.64 bits per heavy atom. The number of benzene rings is 2. The molecule has 184 valence electrons. The van der Waals surface area contributed by atoms with Gasteiger partial charge >= 0.3 is 0 Å². The minimum Gasteiger partial charge on any atom is -0.494 e. The van der Waals surface area contributed by atoms with Gasteiger partial charge in [0.25, 0.3) is 0 Å². The summed E-state index contributed by atoms with van der Waals surface area (Å²) in [6.07, 6.45) is -4.64. The molecule has 0 radical (unpaired) electrons. The third-order valence-electron chi connectivity index (χ3n) is 5.51. The molecule has 0 aliphatic carbocycles. The lowest BCUT2D eigenvalue weighted by molar-refractivity contribution is -0.231. The van der Waals surface area contributed by atoms with Gasteiger partial charge in [0.2, 0.25) is 0 Å². The van der Waals surface area contributed by atoms with Gasteiger partial charge in [0.15, 0.2) is 0 Å². The van der Waals surface area contributed by atoms with E-state index in [1.54, 1.807) is 19.1 Å². The average molecular weight is 483 g/mol. The van der Waals surface area contributed by atoms with Crippen molar-refractivity contribution in [2.45, 2.75) is 70.2 Å². The van der Waals surface area contributed by atoms with Crippen molar-refractivity contribution in [2.24, 2.45) is 0 Å². The van der Waals surface area contributed by atoms with Gasteiger partial charge in [-0.15, -0.1) is 0 Å².